The molecule has 2 aromatic heterocycles. The van der Waals surface area contributed by atoms with Crippen molar-refractivity contribution in [1.82, 2.24) is 25.2 Å². The van der Waals surface area contributed by atoms with Gasteiger partial charge in [-0.3, -0.25) is 14.8 Å². The largest absolute Gasteiger partial charge is 0.360 e. The summed E-state index contributed by atoms with van der Waals surface area (Å²) in [6.07, 6.45) is 0. The summed E-state index contributed by atoms with van der Waals surface area (Å²) in [5, 5.41) is 10.8. The zero-order chi connectivity index (χ0) is 15.7. The van der Waals surface area contributed by atoms with Crippen molar-refractivity contribution in [3.63, 3.8) is 0 Å². The Hall–Kier alpha value is -1.67. The van der Waals surface area contributed by atoms with Crippen molar-refractivity contribution >= 4 is 21.8 Å². The average Bonchev–Trinajstić information content (AvgIpc) is 3.06. The molecule has 3 rings (SSSR count). The zero-order valence-corrected chi connectivity index (χ0v) is 14.2. The molecule has 118 valence electrons. The number of aromatic amines is 1. The van der Waals surface area contributed by atoms with Crippen molar-refractivity contribution in [2.75, 3.05) is 26.2 Å². The molecule has 0 aromatic carbocycles. The number of hydrogen-bond donors (Lipinski definition) is 1. The molecule has 1 N–H and O–H groups in total. The molecule has 0 saturated carbocycles. The summed E-state index contributed by atoms with van der Waals surface area (Å²) in [6.45, 7) is 7.51. The van der Waals surface area contributed by atoms with E-state index in [2.05, 4.69) is 36.2 Å². The number of halogens is 1. The summed E-state index contributed by atoms with van der Waals surface area (Å²) in [5.41, 5.74) is 2.21. The van der Waals surface area contributed by atoms with Crippen LogP contribution < -0.4 is 0 Å². The van der Waals surface area contributed by atoms with Crippen LogP contribution in [0.4, 0.5) is 0 Å². The lowest BCUT2D eigenvalue weighted by atomic mass is 10.2. The van der Waals surface area contributed by atoms with E-state index in [-0.39, 0.29) is 5.91 Å². The summed E-state index contributed by atoms with van der Waals surface area (Å²) in [6, 6.07) is 1.95. The number of amides is 1. The predicted molar refractivity (Wildman–Crippen MR) is 83.4 cm³/mol. The molecule has 1 saturated heterocycles. The molecule has 8 heteroatoms. The molecule has 0 spiro atoms. The molecular weight excluding hydrogens is 350 g/mol. The maximum Gasteiger partial charge on any atom is 0.275 e. The molecular formula is C14H18BrN5O2. The van der Waals surface area contributed by atoms with E-state index in [4.69, 9.17) is 4.52 Å². The van der Waals surface area contributed by atoms with Gasteiger partial charge in [-0.2, -0.15) is 5.10 Å². The molecule has 22 heavy (non-hydrogen) atoms. The lowest BCUT2D eigenvalue weighted by molar-refractivity contribution is 0.0611. The Morgan fingerprint density at radius 2 is 2.09 bits per heavy atom. The van der Waals surface area contributed by atoms with Crippen LogP contribution in [0.15, 0.2) is 15.1 Å². The van der Waals surface area contributed by atoms with Crippen LogP contribution in [-0.4, -0.2) is 57.2 Å². The quantitative estimate of drug-likeness (QED) is 0.893. The Morgan fingerprint density at radius 3 is 2.64 bits per heavy atom. The predicted octanol–water partition coefficient (Wildman–Crippen LogP) is 1.74. The van der Waals surface area contributed by atoms with Gasteiger partial charge in [-0.15, -0.1) is 0 Å². The third-order valence-electron chi connectivity index (χ3n) is 3.79. The van der Waals surface area contributed by atoms with E-state index >= 15 is 0 Å². The van der Waals surface area contributed by atoms with Crippen LogP contribution in [0, 0.1) is 13.8 Å². The van der Waals surface area contributed by atoms with E-state index in [1.54, 1.807) is 0 Å². The summed E-state index contributed by atoms with van der Waals surface area (Å²) in [4.78, 5) is 16.6. The second-order valence-corrected chi connectivity index (χ2v) is 6.31. The SMILES string of the molecule is Cc1cc(CN2CCN(C(=O)c3n[nH]c(C)c3Br)CC2)on1. The van der Waals surface area contributed by atoms with Gasteiger partial charge >= 0.3 is 0 Å². The monoisotopic (exact) mass is 367 g/mol. The fourth-order valence-electron chi connectivity index (χ4n) is 2.53. The maximum atomic E-state index is 12.5. The highest BCUT2D eigenvalue weighted by Crippen LogP contribution is 2.20. The Balaban J connectivity index is 1.57. The minimum absolute atomic E-state index is 0.0358. The smallest absolute Gasteiger partial charge is 0.275 e. The van der Waals surface area contributed by atoms with Crippen molar-refractivity contribution in [1.29, 1.82) is 0 Å². The van der Waals surface area contributed by atoms with Crippen LogP contribution in [0.1, 0.15) is 27.6 Å². The highest BCUT2D eigenvalue weighted by atomic mass is 79.9. The van der Waals surface area contributed by atoms with Crippen LogP contribution in [0.3, 0.4) is 0 Å². The Kier molecular flexibility index (Phi) is 4.30. The molecule has 0 radical (unpaired) electrons. The van der Waals surface area contributed by atoms with Gasteiger partial charge in [-0.05, 0) is 29.8 Å². The second kappa shape index (κ2) is 6.21. The van der Waals surface area contributed by atoms with Crippen LogP contribution in [0.25, 0.3) is 0 Å². The number of nitrogens with zero attached hydrogens (tertiary/aromatic N) is 4. The molecule has 1 fully saturated rings. The molecule has 1 amide bonds. The fraction of sp³-hybridized carbons (Fsp3) is 0.500. The van der Waals surface area contributed by atoms with Crippen LogP contribution >= 0.6 is 15.9 Å². The fourth-order valence-corrected chi connectivity index (χ4v) is 2.87. The third-order valence-corrected chi connectivity index (χ3v) is 4.76. The Morgan fingerprint density at radius 1 is 1.36 bits per heavy atom. The number of piperazine rings is 1. The van der Waals surface area contributed by atoms with Gasteiger partial charge in [0.05, 0.1) is 16.7 Å². The Labute approximate surface area is 136 Å². The zero-order valence-electron chi connectivity index (χ0n) is 12.6. The molecule has 0 aliphatic carbocycles. The van der Waals surface area contributed by atoms with Crippen molar-refractivity contribution in [2.45, 2.75) is 20.4 Å². The summed E-state index contributed by atoms with van der Waals surface area (Å²) >= 11 is 3.40. The van der Waals surface area contributed by atoms with E-state index in [1.807, 2.05) is 24.8 Å². The van der Waals surface area contributed by atoms with E-state index < -0.39 is 0 Å². The number of aryl methyl sites for hydroxylation is 2. The average molecular weight is 368 g/mol. The molecule has 1 aliphatic heterocycles. The second-order valence-electron chi connectivity index (χ2n) is 5.51. The summed E-state index contributed by atoms with van der Waals surface area (Å²) in [7, 11) is 0. The third kappa shape index (κ3) is 3.07. The van der Waals surface area contributed by atoms with Crippen LogP contribution in [-0.2, 0) is 6.54 Å². The number of carbonyl (C=O) groups is 1. The summed E-state index contributed by atoms with van der Waals surface area (Å²) < 4.78 is 5.98. The van der Waals surface area contributed by atoms with E-state index in [1.165, 1.54) is 0 Å². The van der Waals surface area contributed by atoms with Crippen LogP contribution in [0.2, 0.25) is 0 Å². The van der Waals surface area contributed by atoms with Gasteiger partial charge in [0.2, 0.25) is 0 Å². The first-order valence-electron chi connectivity index (χ1n) is 7.19. The van der Waals surface area contributed by atoms with Gasteiger partial charge in [-0.25, -0.2) is 0 Å². The molecule has 1 aliphatic rings. The molecule has 3 heterocycles. The van der Waals surface area contributed by atoms with Crippen molar-refractivity contribution in [3.05, 3.63) is 33.4 Å². The Bertz CT molecular complexity index is 673. The number of aromatic nitrogens is 3. The first-order chi connectivity index (χ1) is 10.5. The van der Waals surface area contributed by atoms with Crippen molar-refractivity contribution < 1.29 is 9.32 Å². The molecule has 0 bridgehead atoms. The topological polar surface area (TPSA) is 78.3 Å². The van der Waals surface area contributed by atoms with E-state index in [0.29, 0.717) is 18.8 Å². The van der Waals surface area contributed by atoms with Crippen LogP contribution in [0.5, 0.6) is 0 Å². The highest BCUT2D eigenvalue weighted by Gasteiger charge is 2.26. The molecule has 2 aromatic rings. The first kappa shape index (κ1) is 15.2. The van der Waals surface area contributed by atoms with Gasteiger partial charge in [0.1, 0.15) is 0 Å². The van der Waals surface area contributed by atoms with Crippen molar-refractivity contribution in [3.8, 4) is 0 Å². The maximum absolute atomic E-state index is 12.5. The minimum Gasteiger partial charge on any atom is -0.360 e. The number of H-pyrrole nitrogens is 1. The molecule has 7 nitrogen and oxygen atoms in total. The van der Waals surface area contributed by atoms with Gasteiger partial charge in [-0.1, -0.05) is 5.16 Å². The van der Waals surface area contributed by atoms with Gasteiger partial charge in [0, 0.05) is 37.9 Å². The van der Waals surface area contributed by atoms with Gasteiger partial charge in [0.25, 0.3) is 5.91 Å². The highest BCUT2D eigenvalue weighted by molar-refractivity contribution is 9.10. The van der Waals surface area contributed by atoms with E-state index in [0.717, 1.165) is 41.3 Å². The molecule has 0 unspecified atom stereocenters. The number of rotatable bonds is 3. The number of nitrogens with one attached hydrogen (secondary N) is 1. The summed E-state index contributed by atoms with van der Waals surface area (Å²) in [5.74, 6) is 0.828. The normalized spacial score (nSPS) is 16.2. The van der Waals surface area contributed by atoms with E-state index in [9.17, 15) is 4.79 Å². The number of carbonyl (C=O) groups excluding carboxylic acids is 1. The first-order valence-corrected chi connectivity index (χ1v) is 7.98. The minimum atomic E-state index is -0.0358. The van der Waals surface area contributed by atoms with Gasteiger partial charge in [0.15, 0.2) is 11.5 Å². The lowest BCUT2D eigenvalue weighted by Gasteiger charge is -2.33. The number of hydrogen-bond acceptors (Lipinski definition) is 5. The standard InChI is InChI=1S/C14H18BrN5O2/c1-9-7-11(22-18-9)8-19-3-5-20(6-4-19)14(21)13-12(15)10(2)16-17-13/h7H,3-6,8H2,1-2H3,(H,16,17). The van der Waals surface area contributed by atoms with Crippen molar-refractivity contribution in [2.24, 2.45) is 0 Å². The van der Waals surface area contributed by atoms with Gasteiger partial charge < -0.3 is 9.42 Å². The lowest BCUT2D eigenvalue weighted by Crippen LogP contribution is -2.48. The molecule has 0 atom stereocenters.